The molecule has 3 aromatic rings. The normalized spacial score (nSPS) is 10.5. The third-order valence-corrected chi connectivity index (χ3v) is 5.03. The van der Waals surface area contributed by atoms with E-state index in [1.807, 2.05) is 53.1 Å². The van der Waals surface area contributed by atoms with E-state index in [0.717, 1.165) is 17.1 Å². The molecule has 0 amide bonds. The topological polar surface area (TPSA) is 78.3 Å². The van der Waals surface area contributed by atoms with Gasteiger partial charge in [-0.1, -0.05) is 23.4 Å². The molecule has 1 N–H and O–H groups in total. The van der Waals surface area contributed by atoms with Crippen LogP contribution in [0.2, 0.25) is 5.02 Å². The van der Waals surface area contributed by atoms with E-state index in [0.29, 0.717) is 22.5 Å². The molecule has 146 valence electrons. The first kappa shape index (κ1) is 20.0. The summed E-state index contributed by atoms with van der Waals surface area (Å²) < 4.78 is 11.8. The number of nitrogens with zero attached hydrogens (tertiary/aromatic N) is 3. The molecule has 0 spiro atoms. The lowest BCUT2D eigenvalue weighted by atomic mass is 10.3. The summed E-state index contributed by atoms with van der Waals surface area (Å²) in [5, 5.41) is 13.1. The zero-order valence-corrected chi connectivity index (χ0v) is 17.0. The molecule has 0 aliphatic carbocycles. The first-order chi connectivity index (χ1) is 13.6. The van der Waals surface area contributed by atoms with Crippen LogP contribution in [0.5, 0.6) is 5.75 Å². The third-order valence-electron chi connectivity index (χ3n) is 3.87. The molecule has 0 aliphatic heterocycles. The van der Waals surface area contributed by atoms with Crippen LogP contribution in [0.1, 0.15) is 5.82 Å². The lowest BCUT2D eigenvalue weighted by molar-refractivity contribution is -0.137. The van der Waals surface area contributed by atoms with Crippen molar-refractivity contribution < 1.29 is 14.3 Å². The molecule has 0 unspecified atom stereocenters. The number of esters is 1. The zero-order chi connectivity index (χ0) is 19.9. The molecule has 0 fully saturated rings. The number of halogens is 1. The van der Waals surface area contributed by atoms with Crippen LogP contribution in [0, 0.1) is 0 Å². The fraction of sp³-hybridized carbons (Fsp3) is 0.211. The molecule has 0 saturated heterocycles. The van der Waals surface area contributed by atoms with E-state index >= 15 is 0 Å². The molecule has 9 heteroatoms. The number of hydrogen-bond acceptors (Lipinski definition) is 7. The van der Waals surface area contributed by atoms with Crippen molar-refractivity contribution in [2.24, 2.45) is 0 Å². The molecule has 3 rings (SSSR count). The van der Waals surface area contributed by atoms with Crippen LogP contribution in [0.25, 0.3) is 5.69 Å². The minimum atomic E-state index is -0.324. The van der Waals surface area contributed by atoms with Crippen LogP contribution >= 0.6 is 23.4 Å². The van der Waals surface area contributed by atoms with Gasteiger partial charge in [0.05, 0.1) is 26.5 Å². The Labute approximate surface area is 172 Å². The van der Waals surface area contributed by atoms with Gasteiger partial charge in [0.25, 0.3) is 0 Å². The summed E-state index contributed by atoms with van der Waals surface area (Å²) in [4.78, 5) is 11.5. The molecule has 7 nitrogen and oxygen atoms in total. The van der Waals surface area contributed by atoms with Crippen molar-refractivity contribution in [1.29, 1.82) is 0 Å². The van der Waals surface area contributed by atoms with E-state index in [9.17, 15) is 4.79 Å². The molecule has 1 aromatic heterocycles. The molecule has 2 aromatic carbocycles. The molecule has 1 heterocycles. The number of rotatable bonds is 8. The highest BCUT2D eigenvalue weighted by Crippen LogP contribution is 2.24. The summed E-state index contributed by atoms with van der Waals surface area (Å²) in [5.41, 5.74) is 1.78. The zero-order valence-electron chi connectivity index (χ0n) is 15.4. The Balaban J connectivity index is 1.86. The Kier molecular flexibility index (Phi) is 6.78. The van der Waals surface area contributed by atoms with Gasteiger partial charge in [-0.05, 0) is 48.5 Å². The highest BCUT2D eigenvalue weighted by molar-refractivity contribution is 7.99. The standard InChI is InChI=1S/C19H19ClN4O3S/c1-26-16-9-7-15(8-10-16)24-17(11-21-14-5-3-13(20)4-6-14)22-23-19(24)28-12-18(25)27-2/h3-10,21H,11-12H2,1-2H3. The van der Waals surface area contributed by atoms with Gasteiger partial charge in [0.2, 0.25) is 0 Å². The van der Waals surface area contributed by atoms with Gasteiger partial charge in [-0.25, -0.2) is 0 Å². The Hall–Kier alpha value is -2.71. The number of carbonyl (C=O) groups is 1. The molecule has 0 saturated carbocycles. The minimum Gasteiger partial charge on any atom is -0.497 e. The van der Waals surface area contributed by atoms with Gasteiger partial charge in [0.15, 0.2) is 11.0 Å². The second-order valence-electron chi connectivity index (χ2n) is 5.66. The van der Waals surface area contributed by atoms with E-state index in [-0.39, 0.29) is 11.7 Å². The monoisotopic (exact) mass is 418 g/mol. The van der Waals surface area contributed by atoms with E-state index in [1.54, 1.807) is 7.11 Å². The second-order valence-corrected chi connectivity index (χ2v) is 7.04. The Bertz CT molecular complexity index is 929. The highest BCUT2D eigenvalue weighted by Gasteiger charge is 2.16. The van der Waals surface area contributed by atoms with Gasteiger partial charge < -0.3 is 14.8 Å². The van der Waals surface area contributed by atoms with Gasteiger partial charge in [0, 0.05) is 16.4 Å². The average molecular weight is 419 g/mol. The van der Waals surface area contributed by atoms with Crippen molar-refractivity contribution >= 4 is 35.0 Å². The molecular formula is C19H19ClN4O3S. The van der Waals surface area contributed by atoms with Gasteiger partial charge in [-0.3, -0.25) is 9.36 Å². The summed E-state index contributed by atoms with van der Waals surface area (Å²) in [6, 6.07) is 15.0. The maximum atomic E-state index is 11.5. The van der Waals surface area contributed by atoms with Crippen molar-refractivity contribution in [1.82, 2.24) is 14.8 Å². The number of methoxy groups -OCH3 is 2. The van der Waals surface area contributed by atoms with Crippen molar-refractivity contribution in [2.45, 2.75) is 11.7 Å². The highest BCUT2D eigenvalue weighted by atomic mass is 35.5. The molecule has 0 radical (unpaired) electrons. The Morgan fingerprint density at radius 2 is 1.82 bits per heavy atom. The summed E-state index contributed by atoms with van der Waals surface area (Å²) in [7, 11) is 2.98. The van der Waals surface area contributed by atoms with Gasteiger partial charge in [0.1, 0.15) is 5.75 Å². The number of nitrogens with one attached hydrogen (secondary N) is 1. The predicted octanol–water partition coefficient (Wildman–Crippen LogP) is 3.81. The number of ether oxygens (including phenoxy) is 2. The van der Waals surface area contributed by atoms with Crippen LogP contribution in [0.15, 0.2) is 53.7 Å². The SMILES string of the molecule is COC(=O)CSc1nnc(CNc2ccc(Cl)cc2)n1-c1ccc(OC)cc1. The fourth-order valence-electron chi connectivity index (χ4n) is 2.43. The van der Waals surface area contributed by atoms with Gasteiger partial charge in [-0.2, -0.15) is 0 Å². The van der Waals surface area contributed by atoms with Crippen molar-refractivity contribution in [2.75, 3.05) is 25.3 Å². The van der Waals surface area contributed by atoms with Crippen molar-refractivity contribution in [3.63, 3.8) is 0 Å². The third kappa shape index (κ3) is 4.96. The number of carbonyl (C=O) groups excluding carboxylic acids is 1. The van der Waals surface area contributed by atoms with E-state index in [2.05, 4.69) is 15.5 Å². The van der Waals surface area contributed by atoms with Gasteiger partial charge >= 0.3 is 5.97 Å². The minimum absolute atomic E-state index is 0.148. The fourth-order valence-corrected chi connectivity index (χ4v) is 3.36. The van der Waals surface area contributed by atoms with Crippen LogP contribution in [0.4, 0.5) is 5.69 Å². The number of anilines is 1. The Morgan fingerprint density at radius 3 is 2.46 bits per heavy atom. The van der Waals surface area contributed by atoms with E-state index < -0.39 is 0 Å². The number of thioether (sulfide) groups is 1. The van der Waals surface area contributed by atoms with Crippen molar-refractivity contribution in [3.8, 4) is 11.4 Å². The van der Waals surface area contributed by atoms with E-state index in [1.165, 1.54) is 18.9 Å². The lowest BCUT2D eigenvalue weighted by Gasteiger charge is -2.12. The average Bonchev–Trinajstić information content (AvgIpc) is 3.14. The predicted molar refractivity (Wildman–Crippen MR) is 109 cm³/mol. The summed E-state index contributed by atoms with van der Waals surface area (Å²) in [6.07, 6.45) is 0. The van der Waals surface area contributed by atoms with E-state index in [4.69, 9.17) is 21.1 Å². The van der Waals surface area contributed by atoms with Crippen LogP contribution < -0.4 is 10.1 Å². The maximum absolute atomic E-state index is 11.5. The Morgan fingerprint density at radius 1 is 1.11 bits per heavy atom. The lowest BCUT2D eigenvalue weighted by Crippen LogP contribution is -2.09. The largest absolute Gasteiger partial charge is 0.497 e. The molecule has 0 aliphatic rings. The van der Waals surface area contributed by atoms with Crippen LogP contribution in [0.3, 0.4) is 0 Å². The maximum Gasteiger partial charge on any atom is 0.316 e. The number of benzene rings is 2. The second kappa shape index (κ2) is 9.48. The number of aromatic nitrogens is 3. The number of hydrogen-bond donors (Lipinski definition) is 1. The van der Waals surface area contributed by atoms with Crippen LogP contribution in [-0.4, -0.2) is 40.7 Å². The summed E-state index contributed by atoms with van der Waals surface area (Å²) >= 11 is 7.20. The van der Waals surface area contributed by atoms with Gasteiger partial charge in [-0.15, -0.1) is 10.2 Å². The molecular weight excluding hydrogens is 400 g/mol. The quantitative estimate of drug-likeness (QED) is 0.440. The summed E-state index contributed by atoms with van der Waals surface area (Å²) in [5.74, 6) is 1.28. The smallest absolute Gasteiger partial charge is 0.316 e. The van der Waals surface area contributed by atoms with Crippen molar-refractivity contribution in [3.05, 3.63) is 59.4 Å². The molecule has 0 bridgehead atoms. The van der Waals surface area contributed by atoms with Crippen LogP contribution in [-0.2, 0) is 16.1 Å². The molecule has 0 atom stereocenters. The first-order valence-electron chi connectivity index (χ1n) is 8.38. The summed E-state index contributed by atoms with van der Waals surface area (Å²) in [6.45, 7) is 0.444. The molecule has 28 heavy (non-hydrogen) atoms. The first-order valence-corrected chi connectivity index (χ1v) is 9.75.